The first kappa shape index (κ1) is 15.5. The average Bonchev–Trinajstić information content (AvgIpc) is 2.95. The molecule has 2 heterocycles. The maximum absolute atomic E-state index is 6.02. The molecule has 1 aliphatic rings. The molecule has 5 heteroatoms. The predicted octanol–water partition coefficient (Wildman–Crippen LogP) is 4.43. The van der Waals surface area contributed by atoms with Gasteiger partial charge in [-0.1, -0.05) is 31.5 Å². The van der Waals surface area contributed by atoms with Crippen LogP contribution in [-0.4, -0.2) is 28.2 Å². The Bertz CT molecular complexity index is 632. The molecule has 0 spiro atoms. The zero-order chi connectivity index (χ0) is 15.7. The molecule has 0 unspecified atom stereocenters. The van der Waals surface area contributed by atoms with E-state index in [0.29, 0.717) is 28.6 Å². The van der Waals surface area contributed by atoms with E-state index in [1.807, 2.05) is 24.3 Å². The standard InChI is InChI=1S/C17H22ClN3O/c1-11-7-12(2)10-21(9-11)13(3)16-19-20-17(22-16)14-5-4-6-15(18)8-14/h4-6,8,11-13H,7,9-10H2,1-3H3/t11-,12-,13-/m1/s1. The molecule has 1 aromatic carbocycles. The van der Waals surface area contributed by atoms with Crippen molar-refractivity contribution in [2.45, 2.75) is 33.2 Å². The van der Waals surface area contributed by atoms with Gasteiger partial charge in [0.25, 0.3) is 0 Å². The van der Waals surface area contributed by atoms with E-state index in [-0.39, 0.29) is 6.04 Å². The van der Waals surface area contributed by atoms with Crippen LogP contribution >= 0.6 is 11.6 Å². The van der Waals surface area contributed by atoms with Crippen LogP contribution in [0.3, 0.4) is 0 Å². The second-order valence-electron chi connectivity index (χ2n) is 6.53. The molecule has 3 atom stereocenters. The number of halogens is 1. The summed E-state index contributed by atoms with van der Waals surface area (Å²) < 4.78 is 5.89. The summed E-state index contributed by atoms with van der Waals surface area (Å²) in [6, 6.07) is 7.64. The zero-order valence-electron chi connectivity index (χ0n) is 13.3. The van der Waals surface area contributed by atoms with E-state index in [1.165, 1.54) is 6.42 Å². The number of likely N-dealkylation sites (tertiary alicyclic amines) is 1. The van der Waals surface area contributed by atoms with Gasteiger partial charge in [-0.3, -0.25) is 4.90 Å². The van der Waals surface area contributed by atoms with Gasteiger partial charge in [0.2, 0.25) is 11.8 Å². The Labute approximate surface area is 136 Å². The van der Waals surface area contributed by atoms with Gasteiger partial charge in [0, 0.05) is 23.7 Å². The highest BCUT2D eigenvalue weighted by Crippen LogP contribution is 2.30. The average molecular weight is 320 g/mol. The van der Waals surface area contributed by atoms with Crippen molar-refractivity contribution < 1.29 is 4.42 Å². The first-order valence-electron chi connectivity index (χ1n) is 7.86. The Balaban J connectivity index is 1.78. The number of piperidine rings is 1. The Morgan fingerprint density at radius 2 is 1.95 bits per heavy atom. The third-order valence-corrected chi connectivity index (χ3v) is 4.55. The maximum atomic E-state index is 6.02. The number of rotatable bonds is 3. The highest BCUT2D eigenvalue weighted by atomic mass is 35.5. The molecule has 0 radical (unpaired) electrons. The predicted molar refractivity (Wildman–Crippen MR) is 87.7 cm³/mol. The first-order chi connectivity index (χ1) is 10.5. The van der Waals surface area contributed by atoms with Crippen LogP contribution < -0.4 is 0 Å². The molecule has 0 amide bonds. The molecular formula is C17H22ClN3O. The molecule has 0 N–H and O–H groups in total. The van der Waals surface area contributed by atoms with E-state index >= 15 is 0 Å². The van der Waals surface area contributed by atoms with Crippen LogP contribution in [0, 0.1) is 11.8 Å². The van der Waals surface area contributed by atoms with Crippen molar-refractivity contribution in [3.63, 3.8) is 0 Å². The lowest BCUT2D eigenvalue weighted by Crippen LogP contribution is -2.40. The minimum absolute atomic E-state index is 0.144. The van der Waals surface area contributed by atoms with Gasteiger partial charge in [-0.2, -0.15) is 0 Å². The van der Waals surface area contributed by atoms with E-state index in [4.69, 9.17) is 16.0 Å². The fourth-order valence-corrected chi connectivity index (χ4v) is 3.52. The first-order valence-corrected chi connectivity index (χ1v) is 8.24. The van der Waals surface area contributed by atoms with E-state index in [0.717, 1.165) is 18.7 Å². The number of hydrogen-bond acceptors (Lipinski definition) is 4. The summed E-state index contributed by atoms with van der Waals surface area (Å²) in [5, 5.41) is 9.10. The fourth-order valence-electron chi connectivity index (χ4n) is 3.33. The van der Waals surface area contributed by atoms with Crippen LogP contribution in [0.1, 0.15) is 39.1 Å². The zero-order valence-corrected chi connectivity index (χ0v) is 14.0. The Morgan fingerprint density at radius 1 is 1.23 bits per heavy atom. The molecule has 2 aromatic rings. The number of hydrogen-bond donors (Lipinski definition) is 0. The Morgan fingerprint density at radius 3 is 2.64 bits per heavy atom. The van der Waals surface area contributed by atoms with Gasteiger partial charge in [0.1, 0.15) is 0 Å². The largest absolute Gasteiger partial charge is 0.419 e. The molecule has 118 valence electrons. The summed E-state index contributed by atoms with van der Waals surface area (Å²) in [4.78, 5) is 2.44. The van der Waals surface area contributed by atoms with Crippen LogP contribution in [-0.2, 0) is 0 Å². The summed E-state index contributed by atoms with van der Waals surface area (Å²) in [6.07, 6.45) is 1.29. The van der Waals surface area contributed by atoms with Gasteiger partial charge in [-0.15, -0.1) is 10.2 Å². The Kier molecular flexibility index (Phi) is 4.50. The normalized spacial score (nSPS) is 24.4. The SMILES string of the molecule is C[C@@H]1C[C@@H](C)CN([C@H](C)c2nnc(-c3cccc(Cl)c3)o2)C1. The minimum Gasteiger partial charge on any atom is -0.419 e. The van der Waals surface area contributed by atoms with E-state index in [2.05, 4.69) is 35.9 Å². The second-order valence-corrected chi connectivity index (χ2v) is 6.97. The van der Waals surface area contributed by atoms with Gasteiger partial charge >= 0.3 is 0 Å². The Hall–Kier alpha value is -1.39. The molecule has 1 aromatic heterocycles. The lowest BCUT2D eigenvalue weighted by atomic mass is 9.91. The highest BCUT2D eigenvalue weighted by molar-refractivity contribution is 6.30. The van der Waals surface area contributed by atoms with Gasteiger partial charge in [0.05, 0.1) is 6.04 Å². The molecule has 4 nitrogen and oxygen atoms in total. The van der Waals surface area contributed by atoms with Crippen molar-refractivity contribution in [1.29, 1.82) is 0 Å². The van der Waals surface area contributed by atoms with Crippen LogP contribution in [0.25, 0.3) is 11.5 Å². The van der Waals surface area contributed by atoms with E-state index in [9.17, 15) is 0 Å². The molecule has 1 fully saturated rings. The van der Waals surface area contributed by atoms with E-state index in [1.54, 1.807) is 0 Å². The van der Waals surface area contributed by atoms with Gasteiger partial charge in [-0.05, 0) is 43.4 Å². The van der Waals surface area contributed by atoms with Gasteiger partial charge in [-0.25, -0.2) is 0 Å². The highest BCUT2D eigenvalue weighted by Gasteiger charge is 2.28. The fraction of sp³-hybridized carbons (Fsp3) is 0.529. The summed E-state index contributed by atoms with van der Waals surface area (Å²) in [5.74, 6) is 2.63. The molecule has 0 saturated carbocycles. The number of benzene rings is 1. The van der Waals surface area contributed by atoms with Gasteiger partial charge in [0.15, 0.2) is 0 Å². The smallest absolute Gasteiger partial charge is 0.247 e. The molecule has 1 aliphatic heterocycles. The molecule has 0 aliphatic carbocycles. The van der Waals surface area contributed by atoms with E-state index < -0.39 is 0 Å². The van der Waals surface area contributed by atoms with Crippen molar-refractivity contribution in [2.75, 3.05) is 13.1 Å². The van der Waals surface area contributed by atoms with Crippen molar-refractivity contribution in [3.05, 3.63) is 35.2 Å². The quantitative estimate of drug-likeness (QED) is 0.839. The lowest BCUT2D eigenvalue weighted by molar-refractivity contribution is 0.0903. The molecular weight excluding hydrogens is 298 g/mol. The summed E-state index contributed by atoms with van der Waals surface area (Å²) in [6.45, 7) is 8.92. The maximum Gasteiger partial charge on any atom is 0.247 e. The van der Waals surface area contributed by atoms with Crippen molar-refractivity contribution in [3.8, 4) is 11.5 Å². The molecule has 1 saturated heterocycles. The van der Waals surface area contributed by atoms with Crippen LogP contribution in [0.5, 0.6) is 0 Å². The van der Waals surface area contributed by atoms with Crippen LogP contribution in [0.2, 0.25) is 5.02 Å². The van der Waals surface area contributed by atoms with Crippen molar-refractivity contribution in [2.24, 2.45) is 11.8 Å². The van der Waals surface area contributed by atoms with Crippen LogP contribution in [0.15, 0.2) is 28.7 Å². The number of nitrogens with zero attached hydrogens (tertiary/aromatic N) is 3. The lowest BCUT2D eigenvalue weighted by Gasteiger charge is -2.37. The third-order valence-electron chi connectivity index (χ3n) is 4.31. The molecule has 22 heavy (non-hydrogen) atoms. The summed E-state index contributed by atoms with van der Waals surface area (Å²) in [5.41, 5.74) is 0.860. The van der Waals surface area contributed by atoms with Gasteiger partial charge < -0.3 is 4.42 Å². The van der Waals surface area contributed by atoms with Crippen molar-refractivity contribution >= 4 is 11.6 Å². The topological polar surface area (TPSA) is 42.2 Å². The third kappa shape index (κ3) is 3.33. The molecule has 3 rings (SSSR count). The minimum atomic E-state index is 0.144. The molecule has 0 bridgehead atoms. The number of aromatic nitrogens is 2. The van der Waals surface area contributed by atoms with Crippen LogP contribution in [0.4, 0.5) is 0 Å². The second kappa shape index (κ2) is 6.39. The summed E-state index contributed by atoms with van der Waals surface area (Å²) in [7, 11) is 0. The van der Waals surface area contributed by atoms with Crippen molar-refractivity contribution in [1.82, 2.24) is 15.1 Å². The summed E-state index contributed by atoms with van der Waals surface area (Å²) >= 11 is 6.02. The monoisotopic (exact) mass is 319 g/mol.